The number of carbonyl (C=O) groups is 3. The van der Waals surface area contributed by atoms with E-state index in [9.17, 15) is 14.4 Å². The molecule has 0 saturated carbocycles. The van der Waals surface area contributed by atoms with Gasteiger partial charge in [-0.3, -0.25) is 9.59 Å². The van der Waals surface area contributed by atoms with E-state index in [1.54, 1.807) is 47.5 Å². The lowest BCUT2D eigenvalue weighted by atomic mass is 10.2. The third-order valence-corrected chi connectivity index (χ3v) is 4.95. The molecule has 1 aromatic carbocycles. The Kier molecular flexibility index (Phi) is 5.68. The first kappa shape index (κ1) is 18.1. The standard InChI is InChI=1S/C19H20N2O4S/c1-20(11-14-7-9-26-13-14)18(23)12-25-19(24)15-4-2-5-16(10-15)21-8-3-6-17(21)22/h2,4-5,7,9-10,13H,3,6,8,11-12H2,1H3. The maximum Gasteiger partial charge on any atom is 0.338 e. The van der Waals surface area contributed by atoms with Gasteiger partial charge in [0.2, 0.25) is 5.91 Å². The molecule has 2 aromatic rings. The molecule has 136 valence electrons. The molecule has 1 fully saturated rings. The fourth-order valence-corrected chi connectivity index (χ4v) is 3.45. The highest BCUT2D eigenvalue weighted by Crippen LogP contribution is 2.22. The molecule has 1 aromatic heterocycles. The molecule has 0 aliphatic carbocycles. The van der Waals surface area contributed by atoms with Crippen molar-refractivity contribution in [3.05, 3.63) is 52.2 Å². The number of esters is 1. The van der Waals surface area contributed by atoms with Crippen LogP contribution in [0.5, 0.6) is 0 Å². The molecule has 0 radical (unpaired) electrons. The van der Waals surface area contributed by atoms with Crippen LogP contribution in [0, 0.1) is 0 Å². The Hall–Kier alpha value is -2.67. The number of rotatable bonds is 6. The van der Waals surface area contributed by atoms with Crippen molar-refractivity contribution < 1.29 is 19.1 Å². The molecule has 1 aliphatic heterocycles. The summed E-state index contributed by atoms with van der Waals surface area (Å²) in [5, 5.41) is 3.92. The molecule has 0 N–H and O–H groups in total. The zero-order valence-corrected chi connectivity index (χ0v) is 15.3. The van der Waals surface area contributed by atoms with Crippen LogP contribution in [0.15, 0.2) is 41.1 Å². The molecule has 26 heavy (non-hydrogen) atoms. The van der Waals surface area contributed by atoms with Crippen LogP contribution in [-0.2, 0) is 20.9 Å². The zero-order chi connectivity index (χ0) is 18.5. The van der Waals surface area contributed by atoms with Crippen LogP contribution >= 0.6 is 11.3 Å². The fourth-order valence-electron chi connectivity index (χ4n) is 2.79. The van der Waals surface area contributed by atoms with Crippen molar-refractivity contribution in [3.8, 4) is 0 Å². The zero-order valence-electron chi connectivity index (χ0n) is 14.5. The number of carbonyl (C=O) groups excluding carboxylic acids is 3. The minimum atomic E-state index is -0.573. The van der Waals surface area contributed by atoms with Gasteiger partial charge in [-0.2, -0.15) is 11.3 Å². The lowest BCUT2D eigenvalue weighted by Gasteiger charge is -2.17. The monoisotopic (exact) mass is 372 g/mol. The van der Waals surface area contributed by atoms with E-state index in [4.69, 9.17) is 4.74 Å². The number of hydrogen-bond donors (Lipinski definition) is 0. The first-order valence-corrected chi connectivity index (χ1v) is 9.31. The minimum absolute atomic E-state index is 0.0563. The summed E-state index contributed by atoms with van der Waals surface area (Å²) in [5.74, 6) is -0.785. The van der Waals surface area contributed by atoms with Crippen LogP contribution in [-0.4, -0.2) is 42.9 Å². The summed E-state index contributed by atoms with van der Waals surface area (Å²) in [5.41, 5.74) is 2.05. The number of benzene rings is 1. The largest absolute Gasteiger partial charge is 0.452 e. The van der Waals surface area contributed by atoms with Gasteiger partial charge >= 0.3 is 5.97 Å². The lowest BCUT2D eigenvalue weighted by Crippen LogP contribution is -2.30. The third-order valence-electron chi connectivity index (χ3n) is 4.22. The van der Waals surface area contributed by atoms with Gasteiger partial charge < -0.3 is 14.5 Å². The van der Waals surface area contributed by atoms with Crippen LogP contribution in [0.4, 0.5) is 5.69 Å². The molecule has 6 nitrogen and oxygen atoms in total. The van der Waals surface area contributed by atoms with Crippen LogP contribution in [0.25, 0.3) is 0 Å². The molecule has 2 heterocycles. The second-order valence-corrected chi connectivity index (χ2v) is 6.94. The van der Waals surface area contributed by atoms with Gasteiger partial charge in [0.05, 0.1) is 5.56 Å². The Bertz CT molecular complexity index is 804. The number of amides is 2. The second-order valence-electron chi connectivity index (χ2n) is 6.16. The van der Waals surface area contributed by atoms with E-state index in [1.165, 1.54) is 4.90 Å². The third kappa shape index (κ3) is 4.29. The van der Waals surface area contributed by atoms with E-state index in [0.29, 0.717) is 30.8 Å². The maximum atomic E-state index is 12.2. The van der Waals surface area contributed by atoms with Crippen LogP contribution in [0.2, 0.25) is 0 Å². The molecule has 3 rings (SSSR count). The molecule has 0 spiro atoms. The average molecular weight is 372 g/mol. The number of ether oxygens (including phenoxy) is 1. The van der Waals surface area contributed by atoms with Crippen molar-refractivity contribution in [2.45, 2.75) is 19.4 Å². The Balaban J connectivity index is 1.56. The Labute approximate surface area is 156 Å². The predicted molar refractivity (Wildman–Crippen MR) is 99.1 cm³/mol. The first-order chi connectivity index (χ1) is 12.5. The Morgan fingerprint density at radius 2 is 2.15 bits per heavy atom. The molecule has 1 aliphatic rings. The highest BCUT2D eigenvalue weighted by molar-refractivity contribution is 7.07. The van der Waals surface area contributed by atoms with Crippen LogP contribution in [0.1, 0.15) is 28.8 Å². The summed E-state index contributed by atoms with van der Waals surface area (Å²) >= 11 is 1.57. The molecule has 0 bridgehead atoms. The normalized spacial score (nSPS) is 13.7. The number of hydrogen-bond acceptors (Lipinski definition) is 5. The van der Waals surface area contributed by atoms with Crippen molar-refractivity contribution in [1.29, 1.82) is 0 Å². The number of nitrogens with zero attached hydrogens (tertiary/aromatic N) is 2. The first-order valence-electron chi connectivity index (χ1n) is 8.37. The molecular weight excluding hydrogens is 352 g/mol. The van der Waals surface area contributed by atoms with Gasteiger partial charge in [0.25, 0.3) is 5.91 Å². The SMILES string of the molecule is CN(Cc1ccsc1)C(=O)COC(=O)c1cccc(N2CCCC2=O)c1. The number of anilines is 1. The van der Waals surface area contributed by atoms with Crippen molar-refractivity contribution in [1.82, 2.24) is 4.90 Å². The lowest BCUT2D eigenvalue weighted by molar-refractivity contribution is -0.133. The van der Waals surface area contributed by atoms with Gasteiger partial charge in [0, 0.05) is 32.2 Å². The number of likely N-dealkylation sites (N-methyl/N-ethyl adjacent to an activating group) is 1. The van der Waals surface area contributed by atoms with Gasteiger partial charge in [-0.15, -0.1) is 0 Å². The van der Waals surface area contributed by atoms with E-state index < -0.39 is 5.97 Å². The summed E-state index contributed by atoms with van der Waals surface area (Å²) in [7, 11) is 1.67. The summed E-state index contributed by atoms with van der Waals surface area (Å²) < 4.78 is 5.14. The van der Waals surface area contributed by atoms with Gasteiger partial charge in [-0.05, 0) is 47.0 Å². The quantitative estimate of drug-likeness (QED) is 0.731. The highest BCUT2D eigenvalue weighted by Gasteiger charge is 2.22. The Morgan fingerprint density at radius 3 is 2.85 bits per heavy atom. The summed E-state index contributed by atoms with van der Waals surface area (Å²) in [6, 6.07) is 8.70. The molecular formula is C19H20N2O4S. The van der Waals surface area contributed by atoms with Crippen molar-refractivity contribution in [2.75, 3.05) is 25.1 Å². The van der Waals surface area contributed by atoms with Crippen molar-refractivity contribution in [3.63, 3.8) is 0 Å². The molecule has 0 atom stereocenters. The van der Waals surface area contributed by atoms with Crippen LogP contribution < -0.4 is 4.90 Å². The summed E-state index contributed by atoms with van der Waals surface area (Å²) in [4.78, 5) is 39.4. The van der Waals surface area contributed by atoms with Crippen molar-refractivity contribution in [2.24, 2.45) is 0 Å². The Morgan fingerprint density at radius 1 is 1.31 bits per heavy atom. The van der Waals surface area contributed by atoms with Gasteiger partial charge in [0.1, 0.15) is 0 Å². The smallest absolute Gasteiger partial charge is 0.338 e. The molecule has 2 amide bonds. The number of thiophene rings is 1. The fraction of sp³-hybridized carbons (Fsp3) is 0.316. The van der Waals surface area contributed by atoms with E-state index in [-0.39, 0.29) is 18.4 Å². The molecule has 1 saturated heterocycles. The average Bonchev–Trinajstić information content (AvgIpc) is 3.31. The summed E-state index contributed by atoms with van der Waals surface area (Å²) in [6.45, 7) is 0.821. The van der Waals surface area contributed by atoms with Gasteiger partial charge in [0.15, 0.2) is 6.61 Å². The van der Waals surface area contributed by atoms with Gasteiger partial charge in [-0.25, -0.2) is 4.79 Å². The van der Waals surface area contributed by atoms with E-state index >= 15 is 0 Å². The van der Waals surface area contributed by atoms with Crippen LogP contribution in [0.3, 0.4) is 0 Å². The molecule has 0 unspecified atom stereocenters. The topological polar surface area (TPSA) is 66.9 Å². The van der Waals surface area contributed by atoms with E-state index in [2.05, 4.69) is 0 Å². The van der Waals surface area contributed by atoms with E-state index in [0.717, 1.165) is 12.0 Å². The minimum Gasteiger partial charge on any atom is -0.452 e. The van der Waals surface area contributed by atoms with Crippen molar-refractivity contribution >= 4 is 34.8 Å². The van der Waals surface area contributed by atoms with E-state index in [1.807, 2.05) is 16.8 Å². The molecule has 7 heteroatoms. The highest BCUT2D eigenvalue weighted by atomic mass is 32.1. The second kappa shape index (κ2) is 8.14. The maximum absolute atomic E-state index is 12.2. The predicted octanol–water partition coefficient (Wildman–Crippen LogP) is 2.69. The summed E-state index contributed by atoms with van der Waals surface area (Å²) in [6.07, 6.45) is 1.35. The van der Waals surface area contributed by atoms with Gasteiger partial charge in [-0.1, -0.05) is 6.07 Å².